The van der Waals surface area contributed by atoms with Crippen LogP contribution in [0.1, 0.15) is 45.8 Å². The predicted molar refractivity (Wildman–Crippen MR) is 142 cm³/mol. The highest BCUT2D eigenvalue weighted by Gasteiger charge is 2.26. The number of carbonyl (C=O) groups excluding carboxylic acids is 1. The fraction of sp³-hybridized carbons (Fsp3) is 0.179. The quantitative estimate of drug-likeness (QED) is 0.245. The molecular formula is C28H24BrN5O2. The van der Waals surface area contributed by atoms with Crippen molar-refractivity contribution in [3.8, 4) is 11.3 Å². The summed E-state index contributed by atoms with van der Waals surface area (Å²) in [5, 5.41) is 11.0. The van der Waals surface area contributed by atoms with Crippen LogP contribution in [0.5, 0.6) is 0 Å². The molecule has 5 aromatic rings. The third kappa shape index (κ3) is 4.64. The Morgan fingerprint density at radius 1 is 1.06 bits per heavy atom. The van der Waals surface area contributed by atoms with Crippen molar-refractivity contribution in [3.05, 3.63) is 106 Å². The number of fused-ring (bicyclic) bond motifs is 1. The van der Waals surface area contributed by atoms with E-state index in [1.54, 1.807) is 12.3 Å². The van der Waals surface area contributed by atoms with E-state index >= 15 is 0 Å². The first-order valence-electron chi connectivity index (χ1n) is 11.9. The molecule has 1 saturated carbocycles. The van der Waals surface area contributed by atoms with Crippen molar-refractivity contribution in [1.82, 2.24) is 19.9 Å². The van der Waals surface area contributed by atoms with Gasteiger partial charge >= 0.3 is 0 Å². The van der Waals surface area contributed by atoms with E-state index in [2.05, 4.69) is 74.1 Å². The maximum absolute atomic E-state index is 12.1. The molecule has 3 heterocycles. The Kier molecular flexibility index (Phi) is 6.03. The highest BCUT2D eigenvalue weighted by molar-refractivity contribution is 9.10. The Balaban J connectivity index is 1.19. The Hall–Kier alpha value is -3.91. The first-order valence-corrected chi connectivity index (χ1v) is 12.7. The highest BCUT2D eigenvalue weighted by atomic mass is 79.9. The van der Waals surface area contributed by atoms with Crippen LogP contribution in [0.3, 0.4) is 0 Å². The van der Waals surface area contributed by atoms with Gasteiger partial charge < -0.3 is 15.1 Å². The zero-order chi connectivity index (χ0) is 24.5. The van der Waals surface area contributed by atoms with Gasteiger partial charge in [-0.2, -0.15) is 9.61 Å². The average molecular weight is 542 g/mol. The third-order valence-corrected chi connectivity index (χ3v) is 6.98. The van der Waals surface area contributed by atoms with Gasteiger partial charge in [-0.25, -0.2) is 4.98 Å². The number of halogens is 1. The van der Waals surface area contributed by atoms with E-state index in [0.29, 0.717) is 24.6 Å². The molecular weight excluding hydrogens is 518 g/mol. The summed E-state index contributed by atoms with van der Waals surface area (Å²) in [7, 11) is 0. The Bertz CT molecular complexity index is 1520. The van der Waals surface area contributed by atoms with E-state index < -0.39 is 0 Å². The minimum Gasteiger partial charge on any atom is -0.472 e. The zero-order valence-corrected chi connectivity index (χ0v) is 21.0. The summed E-state index contributed by atoms with van der Waals surface area (Å²) in [6, 6.07) is 20.5. The molecule has 0 atom stereocenters. The lowest BCUT2D eigenvalue weighted by Crippen LogP contribution is -2.22. The number of aromatic nitrogens is 3. The number of nitrogens with zero attached hydrogens (tertiary/aromatic N) is 3. The van der Waals surface area contributed by atoms with Gasteiger partial charge in [-0.15, -0.1) is 0 Å². The molecule has 3 aromatic heterocycles. The van der Waals surface area contributed by atoms with Crippen molar-refractivity contribution < 1.29 is 9.21 Å². The van der Waals surface area contributed by atoms with E-state index in [1.807, 2.05) is 16.6 Å². The fourth-order valence-corrected chi connectivity index (χ4v) is 4.67. The summed E-state index contributed by atoms with van der Waals surface area (Å²) in [6.07, 6.45) is 7.18. The van der Waals surface area contributed by atoms with Gasteiger partial charge in [0.05, 0.1) is 28.2 Å². The summed E-state index contributed by atoms with van der Waals surface area (Å²) in [5.74, 6) is 1.36. The number of amides is 1. The number of benzene rings is 2. The second kappa shape index (κ2) is 9.62. The molecule has 36 heavy (non-hydrogen) atoms. The average Bonchev–Trinajstić information content (AvgIpc) is 3.48. The maximum Gasteiger partial charge on any atom is 0.254 e. The molecule has 0 aliphatic heterocycles. The topological polar surface area (TPSA) is 84.5 Å². The van der Waals surface area contributed by atoms with Gasteiger partial charge in [0.2, 0.25) is 0 Å². The summed E-state index contributed by atoms with van der Waals surface area (Å²) < 4.78 is 7.65. The molecule has 2 aromatic carbocycles. The lowest BCUT2D eigenvalue weighted by molar-refractivity contribution is 0.0950. The monoisotopic (exact) mass is 541 g/mol. The van der Waals surface area contributed by atoms with Crippen molar-refractivity contribution in [3.63, 3.8) is 0 Å². The Morgan fingerprint density at radius 2 is 1.83 bits per heavy atom. The molecule has 7 nitrogen and oxygen atoms in total. The van der Waals surface area contributed by atoms with Gasteiger partial charge in [0, 0.05) is 24.7 Å². The van der Waals surface area contributed by atoms with Crippen LogP contribution in [0, 0.1) is 0 Å². The van der Waals surface area contributed by atoms with Crippen LogP contribution in [-0.2, 0) is 13.1 Å². The second-order valence-electron chi connectivity index (χ2n) is 8.98. The molecule has 0 spiro atoms. The maximum atomic E-state index is 12.1. The summed E-state index contributed by atoms with van der Waals surface area (Å²) in [6.45, 7) is 1.08. The minimum atomic E-state index is -0.152. The summed E-state index contributed by atoms with van der Waals surface area (Å²) in [5.41, 5.74) is 6.94. The molecule has 0 radical (unpaired) electrons. The molecule has 6 rings (SSSR count). The molecule has 0 unspecified atom stereocenters. The van der Waals surface area contributed by atoms with Gasteiger partial charge in [0.15, 0.2) is 5.65 Å². The molecule has 2 N–H and O–H groups in total. The number of rotatable bonds is 8. The highest BCUT2D eigenvalue weighted by Crippen LogP contribution is 2.44. The largest absolute Gasteiger partial charge is 0.472 e. The van der Waals surface area contributed by atoms with E-state index in [4.69, 9.17) is 9.40 Å². The number of hydrogen-bond acceptors (Lipinski definition) is 5. The van der Waals surface area contributed by atoms with E-state index in [1.165, 1.54) is 36.5 Å². The predicted octanol–water partition coefficient (Wildman–Crippen LogP) is 6.17. The fourth-order valence-electron chi connectivity index (χ4n) is 4.33. The van der Waals surface area contributed by atoms with Crippen molar-refractivity contribution in [2.45, 2.75) is 31.8 Å². The van der Waals surface area contributed by atoms with Crippen molar-refractivity contribution in [2.75, 3.05) is 5.32 Å². The lowest BCUT2D eigenvalue weighted by Gasteiger charge is -2.13. The smallest absolute Gasteiger partial charge is 0.254 e. The Morgan fingerprint density at radius 3 is 2.58 bits per heavy atom. The van der Waals surface area contributed by atoms with Crippen LogP contribution in [0.4, 0.5) is 5.82 Å². The standard InChI is InChI=1S/C28H24BrN5O2/c29-24-16-32-34-26(13-25(33-27(24)34)23-4-2-1-3-22(23)20-9-10-20)30-14-18-5-7-19(8-6-18)15-31-28(35)21-11-12-36-17-21/h1-8,11-13,16-17,20,30H,9-10,14-15H2,(H,31,35). The first kappa shape index (κ1) is 22.5. The van der Waals surface area contributed by atoms with Crippen LogP contribution in [-0.4, -0.2) is 20.5 Å². The molecule has 0 saturated heterocycles. The lowest BCUT2D eigenvalue weighted by atomic mass is 10.0. The first-order chi connectivity index (χ1) is 17.7. The molecule has 1 amide bonds. The molecule has 180 valence electrons. The van der Waals surface area contributed by atoms with Crippen LogP contribution in [0.25, 0.3) is 16.9 Å². The van der Waals surface area contributed by atoms with Crippen LogP contribution in [0.15, 0.2) is 88.3 Å². The van der Waals surface area contributed by atoms with E-state index in [0.717, 1.165) is 32.8 Å². The van der Waals surface area contributed by atoms with Crippen molar-refractivity contribution in [2.24, 2.45) is 0 Å². The van der Waals surface area contributed by atoms with Crippen molar-refractivity contribution >= 4 is 33.3 Å². The molecule has 1 aliphatic carbocycles. The molecule has 1 aliphatic rings. The van der Waals surface area contributed by atoms with Crippen LogP contribution >= 0.6 is 15.9 Å². The van der Waals surface area contributed by atoms with Gasteiger partial charge in [0.1, 0.15) is 12.1 Å². The van der Waals surface area contributed by atoms with E-state index in [9.17, 15) is 4.79 Å². The number of furan rings is 1. The normalized spacial score (nSPS) is 13.1. The van der Waals surface area contributed by atoms with Crippen molar-refractivity contribution in [1.29, 1.82) is 0 Å². The number of hydrogen-bond donors (Lipinski definition) is 2. The molecule has 0 bridgehead atoms. The van der Waals surface area contributed by atoms with Gasteiger partial charge in [-0.1, -0.05) is 48.5 Å². The summed E-state index contributed by atoms with van der Waals surface area (Å²) >= 11 is 3.60. The number of nitrogens with one attached hydrogen (secondary N) is 2. The number of anilines is 1. The van der Waals surface area contributed by atoms with Gasteiger partial charge in [0.25, 0.3) is 5.91 Å². The van der Waals surface area contributed by atoms with Crippen LogP contribution in [0.2, 0.25) is 0 Å². The minimum absolute atomic E-state index is 0.152. The molecule has 8 heteroatoms. The third-order valence-electron chi connectivity index (χ3n) is 6.42. The Labute approximate surface area is 216 Å². The summed E-state index contributed by atoms with van der Waals surface area (Å²) in [4.78, 5) is 17.0. The van der Waals surface area contributed by atoms with Gasteiger partial charge in [-0.3, -0.25) is 4.79 Å². The number of carbonyl (C=O) groups is 1. The zero-order valence-electron chi connectivity index (χ0n) is 19.4. The van der Waals surface area contributed by atoms with Crippen LogP contribution < -0.4 is 10.6 Å². The van der Waals surface area contributed by atoms with Gasteiger partial charge in [-0.05, 0) is 57.4 Å². The van der Waals surface area contributed by atoms with E-state index in [-0.39, 0.29) is 5.91 Å². The second-order valence-corrected chi connectivity index (χ2v) is 9.84. The SMILES string of the molecule is O=C(NCc1ccc(CNc2cc(-c3ccccc3C3CC3)nc3c(Br)cnn23)cc1)c1ccoc1. The molecule has 1 fully saturated rings.